The molecule has 0 aliphatic carbocycles. The number of carbonyl (C=O) groups is 1. The van der Waals surface area contributed by atoms with Crippen LogP contribution in [-0.4, -0.2) is 38.2 Å². The molecule has 1 N–H and O–H groups in total. The lowest BCUT2D eigenvalue weighted by Crippen LogP contribution is -2.48. The van der Waals surface area contributed by atoms with E-state index in [1.165, 1.54) is 6.08 Å². The quantitative estimate of drug-likeness (QED) is 0.907. The van der Waals surface area contributed by atoms with E-state index < -0.39 is 9.84 Å². The van der Waals surface area contributed by atoms with Crippen LogP contribution in [0, 0.1) is 5.92 Å². The van der Waals surface area contributed by atoms with Crippen LogP contribution < -0.4 is 5.32 Å². The lowest BCUT2D eigenvalue weighted by atomic mass is 9.88. The summed E-state index contributed by atoms with van der Waals surface area (Å²) in [6.45, 7) is 4.68. The van der Waals surface area contributed by atoms with Gasteiger partial charge in [0.1, 0.15) is 0 Å². The van der Waals surface area contributed by atoms with Crippen molar-refractivity contribution in [2.75, 3.05) is 12.8 Å². The standard InChI is InChI=1S/C18H26N2O3S/c1-14-9-11-20(17(13-14)16-7-5-4-6-8-16)18(21)19-15(2)10-12-24(3,22)23/h4-8,10,12,14-15,17H,9,11,13H2,1-3H3,(H,19,21)/b12-10+/t14-,15?,17+/m1/s1. The molecular formula is C18H26N2O3S. The second-order valence-corrected chi connectivity index (χ2v) is 8.58. The molecule has 1 fully saturated rings. The molecule has 6 heteroatoms. The summed E-state index contributed by atoms with van der Waals surface area (Å²) in [5, 5.41) is 4.00. The third kappa shape index (κ3) is 5.37. The van der Waals surface area contributed by atoms with Gasteiger partial charge < -0.3 is 10.2 Å². The van der Waals surface area contributed by atoms with Gasteiger partial charge in [0.05, 0.1) is 6.04 Å². The van der Waals surface area contributed by atoms with Gasteiger partial charge in [-0.3, -0.25) is 0 Å². The van der Waals surface area contributed by atoms with Crippen molar-refractivity contribution in [3.05, 3.63) is 47.4 Å². The Morgan fingerprint density at radius 2 is 2.00 bits per heavy atom. The minimum atomic E-state index is -3.19. The van der Waals surface area contributed by atoms with Crippen LogP contribution in [0.4, 0.5) is 4.79 Å². The minimum Gasteiger partial charge on any atom is -0.332 e. The van der Waals surface area contributed by atoms with Crippen LogP contribution in [0.5, 0.6) is 0 Å². The monoisotopic (exact) mass is 350 g/mol. The number of amides is 2. The third-order valence-electron chi connectivity index (χ3n) is 4.28. The van der Waals surface area contributed by atoms with E-state index in [1.54, 1.807) is 6.92 Å². The number of hydrogen-bond donors (Lipinski definition) is 1. The zero-order valence-corrected chi connectivity index (χ0v) is 15.3. The lowest BCUT2D eigenvalue weighted by Gasteiger charge is -2.39. The number of carbonyl (C=O) groups excluding carboxylic acids is 1. The number of benzene rings is 1. The zero-order chi connectivity index (χ0) is 17.7. The number of piperidine rings is 1. The van der Waals surface area contributed by atoms with E-state index in [0.717, 1.165) is 30.1 Å². The number of nitrogens with one attached hydrogen (secondary N) is 1. The van der Waals surface area contributed by atoms with Gasteiger partial charge in [-0.15, -0.1) is 0 Å². The van der Waals surface area contributed by atoms with Crippen LogP contribution in [0.15, 0.2) is 41.8 Å². The molecule has 1 aliphatic heterocycles. The van der Waals surface area contributed by atoms with E-state index in [4.69, 9.17) is 0 Å². The molecule has 24 heavy (non-hydrogen) atoms. The maximum atomic E-state index is 12.7. The van der Waals surface area contributed by atoms with Crippen molar-refractivity contribution in [2.45, 2.75) is 38.8 Å². The number of urea groups is 1. The average molecular weight is 350 g/mol. The first-order valence-electron chi connectivity index (χ1n) is 8.26. The summed E-state index contributed by atoms with van der Waals surface area (Å²) in [7, 11) is -3.19. The van der Waals surface area contributed by atoms with Crippen molar-refractivity contribution >= 4 is 15.9 Å². The lowest BCUT2D eigenvalue weighted by molar-refractivity contribution is 0.131. The Hall–Kier alpha value is -1.82. The summed E-state index contributed by atoms with van der Waals surface area (Å²) in [6, 6.07) is 9.61. The molecule has 1 aliphatic rings. The van der Waals surface area contributed by atoms with Crippen molar-refractivity contribution in [3.63, 3.8) is 0 Å². The van der Waals surface area contributed by atoms with Gasteiger partial charge in [-0.2, -0.15) is 0 Å². The fourth-order valence-corrected chi connectivity index (χ4v) is 3.48. The number of rotatable bonds is 4. The zero-order valence-electron chi connectivity index (χ0n) is 14.5. The summed E-state index contributed by atoms with van der Waals surface area (Å²) < 4.78 is 22.4. The molecule has 132 valence electrons. The fraction of sp³-hybridized carbons (Fsp3) is 0.500. The number of likely N-dealkylation sites (tertiary alicyclic amines) is 1. The van der Waals surface area contributed by atoms with Crippen LogP contribution in [-0.2, 0) is 9.84 Å². The predicted octanol–water partition coefficient (Wildman–Crippen LogP) is 3.12. The summed E-state index contributed by atoms with van der Waals surface area (Å²) in [4.78, 5) is 14.5. The van der Waals surface area contributed by atoms with Gasteiger partial charge in [0, 0.05) is 24.3 Å². The normalized spacial score (nSPS) is 23.2. The van der Waals surface area contributed by atoms with Gasteiger partial charge >= 0.3 is 6.03 Å². The van der Waals surface area contributed by atoms with Crippen molar-refractivity contribution in [1.82, 2.24) is 10.2 Å². The second kappa shape index (κ2) is 7.83. The van der Waals surface area contributed by atoms with Crippen LogP contribution in [0.1, 0.15) is 38.3 Å². The van der Waals surface area contributed by atoms with Crippen LogP contribution in [0.2, 0.25) is 0 Å². The topological polar surface area (TPSA) is 66.5 Å². The predicted molar refractivity (Wildman–Crippen MR) is 96.3 cm³/mol. The molecule has 1 aromatic carbocycles. The first-order chi connectivity index (χ1) is 11.3. The smallest absolute Gasteiger partial charge is 0.318 e. The van der Waals surface area contributed by atoms with Crippen molar-refractivity contribution in [1.29, 1.82) is 0 Å². The maximum absolute atomic E-state index is 12.7. The van der Waals surface area contributed by atoms with Gasteiger partial charge in [-0.25, -0.2) is 13.2 Å². The highest BCUT2D eigenvalue weighted by Crippen LogP contribution is 2.33. The van der Waals surface area contributed by atoms with E-state index in [1.807, 2.05) is 23.1 Å². The van der Waals surface area contributed by atoms with Gasteiger partial charge in [0.2, 0.25) is 0 Å². The molecular weight excluding hydrogens is 324 g/mol. The average Bonchev–Trinajstić information content (AvgIpc) is 2.53. The fourth-order valence-electron chi connectivity index (χ4n) is 2.96. The molecule has 0 saturated carbocycles. The highest BCUT2D eigenvalue weighted by molar-refractivity contribution is 7.93. The van der Waals surface area contributed by atoms with E-state index in [-0.39, 0.29) is 18.1 Å². The molecule has 0 spiro atoms. The molecule has 1 heterocycles. The molecule has 0 aromatic heterocycles. The van der Waals surface area contributed by atoms with Gasteiger partial charge in [-0.05, 0) is 31.2 Å². The molecule has 2 rings (SSSR count). The number of sulfone groups is 1. The van der Waals surface area contributed by atoms with Crippen LogP contribution in [0.3, 0.4) is 0 Å². The SMILES string of the molecule is CC(/C=C/S(C)(=O)=O)NC(=O)N1CC[C@@H](C)C[C@H]1c1ccccc1. The molecule has 0 bridgehead atoms. The molecule has 1 unspecified atom stereocenters. The Kier molecular flexibility index (Phi) is 6.04. The Balaban J connectivity index is 2.09. The molecule has 3 atom stereocenters. The summed E-state index contributed by atoms with van der Waals surface area (Å²) in [6.07, 6.45) is 4.54. The largest absolute Gasteiger partial charge is 0.332 e. The van der Waals surface area contributed by atoms with Crippen LogP contribution in [0.25, 0.3) is 0 Å². The summed E-state index contributed by atoms with van der Waals surface area (Å²) >= 11 is 0. The first-order valence-corrected chi connectivity index (χ1v) is 10.2. The minimum absolute atomic E-state index is 0.0565. The number of nitrogens with zero attached hydrogens (tertiary/aromatic N) is 1. The Morgan fingerprint density at radius 1 is 1.33 bits per heavy atom. The molecule has 1 saturated heterocycles. The van der Waals surface area contributed by atoms with Gasteiger partial charge in [0.25, 0.3) is 0 Å². The summed E-state index contributed by atoms with van der Waals surface area (Å²) in [5.41, 5.74) is 1.14. The van der Waals surface area contributed by atoms with Crippen molar-refractivity contribution < 1.29 is 13.2 Å². The molecule has 1 aromatic rings. The van der Waals surface area contributed by atoms with E-state index in [9.17, 15) is 13.2 Å². The van der Waals surface area contributed by atoms with Gasteiger partial charge in [-0.1, -0.05) is 43.3 Å². The van der Waals surface area contributed by atoms with Gasteiger partial charge in [0.15, 0.2) is 9.84 Å². The Labute approximate surface area is 144 Å². The maximum Gasteiger partial charge on any atom is 0.318 e. The van der Waals surface area contributed by atoms with E-state index in [0.29, 0.717) is 12.5 Å². The van der Waals surface area contributed by atoms with E-state index in [2.05, 4.69) is 24.4 Å². The third-order valence-corrected chi connectivity index (χ3v) is 4.93. The van der Waals surface area contributed by atoms with E-state index >= 15 is 0 Å². The second-order valence-electron chi connectivity index (χ2n) is 6.65. The van der Waals surface area contributed by atoms with Crippen LogP contribution >= 0.6 is 0 Å². The Bertz CT molecular complexity index is 685. The molecule has 2 amide bonds. The first kappa shape index (κ1) is 18.5. The van der Waals surface area contributed by atoms with Crippen molar-refractivity contribution in [3.8, 4) is 0 Å². The Morgan fingerprint density at radius 3 is 2.62 bits per heavy atom. The number of hydrogen-bond acceptors (Lipinski definition) is 3. The summed E-state index contributed by atoms with van der Waals surface area (Å²) in [5.74, 6) is 0.571. The highest BCUT2D eigenvalue weighted by atomic mass is 32.2. The van der Waals surface area contributed by atoms with Crippen molar-refractivity contribution in [2.24, 2.45) is 5.92 Å². The highest BCUT2D eigenvalue weighted by Gasteiger charge is 2.31. The molecule has 5 nitrogen and oxygen atoms in total. The molecule has 0 radical (unpaired) electrons.